The molecule has 18 heavy (non-hydrogen) atoms. The minimum absolute atomic E-state index is 0.00477. The molecule has 1 N–H and O–H groups in total. The molecule has 0 saturated heterocycles. The van der Waals surface area contributed by atoms with E-state index in [2.05, 4.69) is 5.32 Å². The average Bonchev–Trinajstić information content (AvgIpc) is 2.35. The summed E-state index contributed by atoms with van der Waals surface area (Å²) in [6.45, 7) is 2.00. The van der Waals surface area contributed by atoms with E-state index < -0.39 is 0 Å². The molecular weight excluding hydrogens is 254 g/mol. The van der Waals surface area contributed by atoms with Crippen LogP contribution < -0.4 is 10.1 Å². The number of hydrogen-bond acceptors (Lipinski definition) is 3. The van der Waals surface area contributed by atoms with Gasteiger partial charge in [0.05, 0.1) is 10.7 Å². The number of halogens is 1. The maximum absolute atomic E-state index is 11.9. The van der Waals surface area contributed by atoms with Crippen molar-refractivity contribution in [1.29, 1.82) is 0 Å². The van der Waals surface area contributed by atoms with Crippen molar-refractivity contribution in [2.24, 2.45) is 0 Å². The number of amides is 1. The number of carbonyl (C=O) groups excluding carboxylic acids is 2. The zero-order valence-corrected chi connectivity index (χ0v) is 10.8. The van der Waals surface area contributed by atoms with Crippen molar-refractivity contribution in [2.45, 2.75) is 26.2 Å². The number of rotatable bonds is 4. The van der Waals surface area contributed by atoms with Crippen LogP contribution in [0.1, 0.15) is 36.5 Å². The maximum Gasteiger partial charge on any atom is 0.262 e. The molecule has 1 aliphatic heterocycles. The molecule has 1 amide bonds. The summed E-state index contributed by atoms with van der Waals surface area (Å²) in [7, 11) is 0. The molecule has 5 heteroatoms. The van der Waals surface area contributed by atoms with E-state index in [0.717, 1.165) is 12.8 Å². The Morgan fingerprint density at radius 3 is 3.00 bits per heavy atom. The zero-order valence-electron chi connectivity index (χ0n) is 10.1. The molecular formula is C13H14ClNO3. The van der Waals surface area contributed by atoms with Crippen molar-refractivity contribution >= 4 is 29.0 Å². The molecule has 1 aromatic carbocycles. The summed E-state index contributed by atoms with van der Waals surface area (Å²) in [4.78, 5) is 23.1. The van der Waals surface area contributed by atoms with Gasteiger partial charge in [-0.1, -0.05) is 24.9 Å². The lowest BCUT2D eigenvalue weighted by Crippen LogP contribution is -2.25. The molecule has 0 unspecified atom stereocenters. The fourth-order valence-electron chi connectivity index (χ4n) is 1.79. The van der Waals surface area contributed by atoms with Crippen LogP contribution in [0, 0.1) is 0 Å². The number of anilines is 1. The number of unbranched alkanes of at least 4 members (excludes halogenated alkanes) is 1. The summed E-state index contributed by atoms with van der Waals surface area (Å²) in [5, 5.41) is 3.00. The zero-order chi connectivity index (χ0) is 13.1. The van der Waals surface area contributed by atoms with Gasteiger partial charge in [-0.05, 0) is 18.6 Å². The van der Waals surface area contributed by atoms with Gasteiger partial charge in [0, 0.05) is 12.0 Å². The molecule has 0 bridgehead atoms. The molecule has 0 fully saturated rings. The third-order valence-corrected chi connectivity index (χ3v) is 3.07. The summed E-state index contributed by atoms with van der Waals surface area (Å²) >= 11 is 6.06. The van der Waals surface area contributed by atoms with Gasteiger partial charge in [0.15, 0.2) is 12.4 Å². The van der Waals surface area contributed by atoms with Crippen LogP contribution >= 0.6 is 11.6 Å². The third-order valence-electron chi connectivity index (χ3n) is 2.76. The molecule has 0 radical (unpaired) electrons. The molecule has 0 saturated carbocycles. The number of nitrogens with one attached hydrogen (secondary N) is 1. The lowest BCUT2D eigenvalue weighted by atomic mass is 10.0. The molecule has 2 rings (SSSR count). The van der Waals surface area contributed by atoms with E-state index in [1.165, 1.54) is 0 Å². The van der Waals surface area contributed by atoms with Crippen LogP contribution in [0.25, 0.3) is 0 Å². The van der Waals surface area contributed by atoms with Gasteiger partial charge in [0.25, 0.3) is 5.91 Å². The lowest BCUT2D eigenvalue weighted by Gasteiger charge is -2.19. The van der Waals surface area contributed by atoms with Crippen LogP contribution in [0.2, 0.25) is 5.02 Å². The van der Waals surface area contributed by atoms with Crippen molar-refractivity contribution in [3.63, 3.8) is 0 Å². The Morgan fingerprint density at radius 1 is 1.50 bits per heavy atom. The van der Waals surface area contributed by atoms with Crippen LogP contribution in [0.5, 0.6) is 5.75 Å². The molecule has 1 aliphatic rings. The number of hydrogen-bond donors (Lipinski definition) is 1. The van der Waals surface area contributed by atoms with E-state index in [0.29, 0.717) is 28.4 Å². The van der Waals surface area contributed by atoms with Gasteiger partial charge in [-0.15, -0.1) is 0 Å². The maximum atomic E-state index is 11.9. The van der Waals surface area contributed by atoms with Gasteiger partial charge in [0.2, 0.25) is 0 Å². The van der Waals surface area contributed by atoms with Crippen molar-refractivity contribution in [3.05, 3.63) is 22.7 Å². The highest BCUT2D eigenvalue weighted by molar-refractivity contribution is 6.34. The van der Waals surface area contributed by atoms with Gasteiger partial charge in [-0.25, -0.2) is 0 Å². The third kappa shape index (κ3) is 2.64. The topological polar surface area (TPSA) is 55.4 Å². The first-order chi connectivity index (χ1) is 8.61. The first-order valence-electron chi connectivity index (χ1n) is 5.91. The minimum atomic E-state index is -0.219. The van der Waals surface area contributed by atoms with Gasteiger partial charge >= 0.3 is 0 Å². The van der Waals surface area contributed by atoms with Gasteiger partial charge in [-0.2, -0.15) is 0 Å². The van der Waals surface area contributed by atoms with E-state index >= 15 is 0 Å². The number of benzene rings is 1. The highest BCUT2D eigenvalue weighted by Crippen LogP contribution is 2.34. The first kappa shape index (κ1) is 12.9. The Morgan fingerprint density at radius 2 is 2.28 bits per heavy atom. The Kier molecular flexibility index (Phi) is 3.87. The van der Waals surface area contributed by atoms with E-state index in [1.807, 2.05) is 6.92 Å². The van der Waals surface area contributed by atoms with Crippen molar-refractivity contribution in [3.8, 4) is 5.75 Å². The van der Waals surface area contributed by atoms with E-state index in [9.17, 15) is 9.59 Å². The first-order valence-corrected chi connectivity index (χ1v) is 6.29. The Labute approximate surface area is 110 Å². The monoisotopic (exact) mass is 267 g/mol. The average molecular weight is 268 g/mol. The second kappa shape index (κ2) is 5.40. The summed E-state index contributed by atoms with van der Waals surface area (Å²) < 4.78 is 5.26. The number of Topliss-reactive ketones (excluding diaryl/α,β-unsaturated/α-hetero) is 1. The fraction of sp³-hybridized carbons (Fsp3) is 0.385. The minimum Gasteiger partial charge on any atom is -0.482 e. The second-order valence-corrected chi connectivity index (χ2v) is 4.60. The molecule has 0 aromatic heterocycles. The highest BCUT2D eigenvalue weighted by Gasteiger charge is 2.20. The smallest absolute Gasteiger partial charge is 0.262 e. The van der Waals surface area contributed by atoms with Crippen LogP contribution in [0.3, 0.4) is 0 Å². The standard InChI is InChI=1S/C13H14ClNO3/c1-2-3-4-11(16)8-5-12-10(6-9(8)14)15-13(17)7-18-12/h5-6H,2-4,7H2,1H3,(H,15,17). The van der Waals surface area contributed by atoms with Gasteiger partial charge in [0.1, 0.15) is 5.75 Å². The fourth-order valence-corrected chi connectivity index (χ4v) is 2.05. The highest BCUT2D eigenvalue weighted by atomic mass is 35.5. The predicted octanol–water partition coefficient (Wildman–Crippen LogP) is 3.04. The predicted molar refractivity (Wildman–Crippen MR) is 69.4 cm³/mol. The van der Waals surface area contributed by atoms with Gasteiger partial charge in [-0.3, -0.25) is 9.59 Å². The summed E-state index contributed by atoms with van der Waals surface area (Å²) in [5.41, 5.74) is 0.975. The molecule has 1 heterocycles. The van der Waals surface area contributed by atoms with Crippen LogP contribution in [-0.2, 0) is 4.79 Å². The van der Waals surface area contributed by atoms with E-state index in [1.54, 1.807) is 12.1 Å². The Balaban J connectivity index is 2.27. The van der Waals surface area contributed by atoms with Crippen molar-refractivity contribution < 1.29 is 14.3 Å². The summed E-state index contributed by atoms with van der Waals surface area (Å²) in [6, 6.07) is 3.17. The van der Waals surface area contributed by atoms with E-state index in [-0.39, 0.29) is 18.3 Å². The number of carbonyl (C=O) groups is 2. The van der Waals surface area contributed by atoms with E-state index in [4.69, 9.17) is 16.3 Å². The van der Waals surface area contributed by atoms with Crippen molar-refractivity contribution in [1.82, 2.24) is 0 Å². The SMILES string of the molecule is CCCCC(=O)c1cc2c(cc1Cl)NC(=O)CO2. The normalized spacial score (nSPS) is 13.6. The molecule has 0 atom stereocenters. The molecule has 0 aliphatic carbocycles. The summed E-state index contributed by atoms with van der Waals surface area (Å²) in [6.07, 6.45) is 2.27. The summed E-state index contributed by atoms with van der Waals surface area (Å²) in [5.74, 6) is 0.285. The Hall–Kier alpha value is -1.55. The number of ether oxygens (including phenoxy) is 1. The Bertz CT molecular complexity index is 499. The number of ketones is 1. The molecule has 0 spiro atoms. The largest absolute Gasteiger partial charge is 0.482 e. The quantitative estimate of drug-likeness (QED) is 0.853. The van der Waals surface area contributed by atoms with Crippen LogP contribution in [0.4, 0.5) is 5.69 Å². The van der Waals surface area contributed by atoms with Crippen molar-refractivity contribution in [2.75, 3.05) is 11.9 Å². The molecule has 96 valence electrons. The molecule has 1 aromatic rings. The van der Waals surface area contributed by atoms with Gasteiger partial charge < -0.3 is 10.1 Å². The molecule has 4 nitrogen and oxygen atoms in total. The van der Waals surface area contributed by atoms with Crippen LogP contribution in [0.15, 0.2) is 12.1 Å². The lowest BCUT2D eigenvalue weighted by molar-refractivity contribution is -0.118. The van der Waals surface area contributed by atoms with Crippen LogP contribution in [-0.4, -0.2) is 18.3 Å². The number of fused-ring (bicyclic) bond motifs is 1. The second-order valence-electron chi connectivity index (χ2n) is 4.19.